The van der Waals surface area contributed by atoms with E-state index in [1.54, 1.807) is 35.3 Å². The molecular formula is C35H50BrFN2O2S. The van der Waals surface area contributed by atoms with Crippen molar-refractivity contribution in [1.29, 1.82) is 0 Å². The fraction of sp³-hybridized carbons (Fsp3) is 0.543. The number of anilines is 1. The molecule has 0 radical (unpaired) electrons. The average molecular weight is 662 g/mol. The van der Waals surface area contributed by atoms with Gasteiger partial charge in [-0.05, 0) is 49.6 Å². The number of aromatic nitrogens is 1. The zero-order valence-corrected chi connectivity index (χ0v) is 28.3. The molecule has 7 heteroatoms. The third-order valence-corrected chi connectivity index (χ3v) is 8.44. The number of nitrogens with zero attached hydrogens (tertiary/aromatic N) is 2. The summed E-state index contributed by atoms with van der Waals surface area (Å²) >= 11 is 1.73. The number of carbonyl (C=O) groups is 1. The van der Waals surface area contributed by atoms with Crippen molar-refractivity contribution in [3.05, 3.63) is 76.0 Å². The molecule has 0 N–H and O–H groups in total. The van der Waals surface area contributed by atoms with E-state index in [0.717, 1.165) is 30.6 Å². The molecule has 0 saturated heterocycles. The van der Waals surface area contributed by atoms with Gasteiger partial charge in [0.15, 0.2) is 24.3 Å². The van der Waals surface area contributed by atoms with Crippen molar-refractivity contribution in [1.82, 2.24) is 0 Å². The van der Waals surface area contributed by atoms with Gasteiger partial charge in [-0.3, -0.25) is 4.79 Å². The van der Waals surface area contributed by atoms with Crippen LogP contribution in [0.25, 0.3) is 0 Å². The van der Waals surface area contributed by atoms with Gasteiger partial charge in [-0.15, -0.1) is 0 Å². The van der Waals surface area contributed by atoms with Crippen LogP contribution in [0.4, 0.5) is 10.1 Å². The van der Waals surface area contributed by atoms with Crippen LogP contribution in [0.5, 0.6) is 5.75 Å². The van der Waals surface area contributed by atoms with Crippen LogP contribution in [-0.4, -0.2) is 19.1 Å². The second-order valence-electron chi connectivity index (χ2n) is 11.2. The fourth-order valence-corrected chi connectivity index (χ4v) is 5.80. The Balaban J connectivity index is 0.00000616. The molecule has 0 aliphatic carbocycles. The Morgan fingerprint density at radius 1 is 0.881 bits per heavy atom. The molecule has 2 aromatic carbocycles. The maximum absolute atomic E-state index is 14.7. The molecule has 1 amide bonds. The topological polar surface area (TPSA) is 33.4 Å². The molecule has 1 aromatic heterocycles. The van der Waals surface area contributed by atoms with E-state index in [1.165, 1.54) is 74.6 Å². The van der Waals surface area contributed by atoms with E-state index in [9.17, 15) is 9.18 Å². The normalized spacial score (nSPS) is 10.9. The van der Waals surface area contributed by atoms with Gasteiger partial charge in [0.25, 0.3) is 0 Å². The Morgan fingerprint density at radius 3 is 2.02 bits per heavy atom. The van der Waals surface area contributed by atoms with E-state index in [-0.39, 0.29) is 28.7 Å². The van der Waals surface area contributed by atoms with E-state index in [2.05, 4.69) is 42.3 Å². The third-order valence-electron chi connectivity index (χ3n) is 7.59. The summed E-state index contributed by atoms with van der Waals surface area (Å²) in [4.78, 5) is 15.4. The smallest absolute Gasteiger partial charge is 0.225 e. The Bertz CT molecular complexity index is 1170. The Kier molecular flexibility index (Phi) is 17.6. The lowest BCUT2D eigenvalue weighted by Gasteiger charge is -2.21. The third kappa shape index (κ3) is 13.4. The van der Waals surface area contributed by atoms with E-state index in [0.29, 0.717) is 25.3 Å². The van der Waals surface area contributed by atoms with Gasteiger partial charge in [-0.1, -0.05) is 107 Å². The van der Waals surface area contributed by atoms with Crippen LogP contribution in [0.3, 0.4) is 0 Å². The fourth-order valence-electron chi connectivity index (χ4n) is 5.17. The molecule has 0 spiro atoms. The molecule has 0 bridgehead atoms. The summed E-state index contributed by atoms with van der Waals surface area (Å²) in [7, 11) is 0. The Hall–Kier alpha value is -2.25. The summed E-state index contributed by atoms with van der Waals surface area (Å²) in [6.07, 6.45) is 18.2. The monoisotopic (exact) mass is 660 g/mol. The number of carbonyl (C=O) groups excluding carboxylic acids is 1. The van der Waals surface area contributed by atoms with Crippen LogP contribution in [-0.2, 0) is 17.8 Å². The number of benzene rings is 2. The number of hydrogen-bond donors (Lipinski definition) is 0. The number of amides is 1. The lowest BCUT2D eigenvalue weighted by Crippen LogP contribution is -3.00. The second kappa shape index (κ2) is 20.6. The van der Waals surface area contributed by atoms with Gasteiger partial charge in [-0.2, -0.15) is 4.57 Å². The maximum Gasteiger partial charge on any atom is 0.225 e. The largest absolute Gasteiger partial charge is 1.00 e. The highest BCUT2D eigenvalue weighted by molar-refractivity contribution is 7.09. The van der Waals surface area contributed by atoms with Crippen molar-refractivity contribution in [2.75, 3.05) is 18.1 Å². The van der Waals surface area contributed by atoms with Crippen LogP contribution in [0, 0.1) is 12.7 Å². The SMILES string of the molecule is CCCCCCCCCCCCCCOc1ccc(CCN(C(C)=O)c2ccc(C[n+]3csc(C)c3)cc2)cc1F.[Br-]. The number of halogens is 2. The van der Waals surface area contributed by atoms with Gasteiger partial charge in [0.05, 0.1) is 11.5 Å². The van der Waals surface area contributed by atoms with Crippen molar-refractivity contribution < 1.29 is 35.5 Å². The molecule has 0 unspecified atom stereocenters. The summed E-state index contributed by atoms with van der Waals surface area (Å²) in [6, 6.07) is 13.3. The number of unbranched alkanes of at least 4 members (excludes halogenated alkanes) is 11. The lowest BCUT2D eigenvalue weighted by molar-refractivity contribution is -0.683. The highest BCUT2D eigenvalue weighted by Crippen LogP contribution is 2.21. The number of aryl methyl sites for hydroxylation is 1. The quantitative estimate of drug-likeness (QED) is 0.107. The summed E-state index contributed by atoms with van der Waals surface area (Å²) in [5.41, 5.74) is 5.00. The van der Waals surface area contributed by atoms with Gasteiger partial charge in [-0.25, -0.2) is 4.39 Å². The number of thiazole rings is 1. The Labute approximate surface area is 268 Å². The van der Waals surface area contributed by atoms with Gasteiger partial charge in [0.2, 0.25) is 11.4 Å². The minimum absolute atomic E-state index is 0. The van der Waals surface area contributed by atoms with Crippen LogP contribution < -0.4 is 31.2 Å². The second-order valence-corrected chi connectivity index (χ2v) is 12.3. The van der Waals surface area contributed by atoms with Crippen LogP contribution in [0.15, 0.2) is 54.2 Å². The van der Waals surface area contributed by atoms with E-state index in [4.69, 9.17) is 4.74 Å². The van der Waals surface area contributed by atoms with Gasteiger partial charge >= 0.3 is 0 Å². The molecule has 232 valence electrons. The van der Waals surface area contributed by atoms with Crippen LogP contribution in [0.1, 0.15) is 107 Å². The first-order valence-electron chi connectivity index (χ1n) is 15.7. The molecule has 0 aliphatic rings. The molecule has 3 rings (SSSR count). The summed E-state index contributed by atoms with van der Waals surface area (Å²) < 4.78 is 22.6. The predicted octanol–water partition coefficient (Wildman–Crippen LogP) is 6.21. The van der Waals surface area contributed by atoms with E-state index in [1.807, 2.05) is 18.2 Å². The molecule has 3 aromatic rings. The molecule has 4 nitrogen and oxygen atoms in total. The minimum Gasteiger partial charge on any atom is -1.00 e. The highest BCUT2D eigenvalue weighted by Gasteiger charge is 2.14. The zero-order chi connectivity index (χ0) is 29.3. The minimum atomic E-state index is -0.332. The molecule has 42 heavy (non-hydrogen) atoms. The van der Waals surface area contributed by atoms with Gasteiger partial charge in [0, 0.05) is 24.7 Å². The zero-order valence-electron chi connectivity index (χ0n) is 25.9. The van der Waals surface area contributed by atoms with Crippen molar-refractivity contribution in [2.24, 2.45) is 0 Å². The van der Waals surface area contributed by atoms with Crippen molar-refractivity contribution >= 4 is 22.9 Å². The van der Waals surface area contributed by atoms with Crippen LogP contribution in [0.2, 0.25) is 0 Å². The summed E-state index contributed by atoms with van der Waals surface area (Å²) in [5.74, 6) is -0.0423. The van der Waals surface area contributed by atoms with Crippen molar-refractivity contribution in [3.8, 4) is 5.75 Å². The van der Waals surface area contributed by atoms with Gasteiger partial charge < -0.3 is 26.6 Å². The molecule has 0 atom stereocenters. The predicted molar refractivity (Wildman–Crippen MR) is 169 cm³/mol. The Morgan fingerprint density at radius 2 is 1.48 bits per heavy atom. The standard InChI is InChI=1S/C35H50FN2O2S.BrH/c1-4-5-6-7-8-9-10-11-12-13-14-15-24-40-35-21-18-31(25-34(35)36)22-23-38(30(3)39)33-19-16-32(17-20-33)27-37-26-29(2)41-28-37;/h16-21,25-26,28H,4-15,22-24,27H2,1-3H3;1H/q+1;/p-1. The van der Waals surface area contributed by atoms with Gasteiger partial charge in [0.1, 0.15) is 0 Å². The molecule has 0 aliphatic heterocycles. The first-order valence-corrected chi connectivity index (χ1v) is 16.6. The molecule has 0 saturated carbocycles. The lowest BCUT2D eigenvalue weighted by atomic mass is 10.1. The number of hydrogen-bond acceptors (Lipinski definition) is 3. The maximum atomic E-state index is 14.7. The summed E-state index contributed by atoms with van der Waals surface area (Å²) in [6.45, 7) is 7.78. The first-order chi connectivity index (χ1) is 20.0. The highest BCUT2D eigenvalue weighted by atomic mass is 79.9. The summed E-state index contributed by atoms with van der Waals surface area (Å²) in [5, 5.41) is 0. The van der Waals surface area contributed by atoms with Crippen molar-refractivity contribution in [3.63, 3.8) is 0 Å². The van der Waals surface area contributed by atoms with Crippen molar-refractivity contribution in [2.45, 2.75) is 111 Å². The molecule has 1 heterocycles. The first kappa shape index (κ1) is 35.9. The molecular weight excluding hydrogens is 611 g/mol. The van der Waals surface area contributed by atoms with E-state index >= 15 is 0 Å². The van der Waals surface area contributed by atoms with E-state index < -0.39 is 0 Å². The average Bonchev–Trinajstić information content (AvgIpc) is 3.37. The number of ether oxygens (including phenoxy) is 1. The molecule has 0 fully saturated rings. The number of rotatable bonds is 20. The van der Waals surface area contributed by atoms with Crippen LogP contribution >= 0.6 is 11.3 Å².